The highest BCUT2D eigenvalue weighted by atomic mass is 35.5. The molecule has 6 nitrogen and oxygen atoms in total. The van der Waals surface area contributed by atoms with Gasteiger partial charge in [0.05, 0.1) is 13.0 Å². The van der Waals surface area contributed by atoms with Gasteiger partial charge in [-0.05, 0) is 73.2 Å². The number of carbonyl (C=O) groups excluding carboxylic acids is 2. The van der Waals surface area contributed by atoms with Gasteiger partial charge in [0.1, 0.15) is 17.6 Å². The van der Waals surface area contributed by atoms with E-state index in [-0.39, 0.29) is 36.6 Å². The number of nitrogens with zero attached hydrogens (tertiary/aromatic N) is 1. The molecule has 0 bridgehead atoms. The van der Waals surface area contributed by atoms with E-state index in [0.29, 0.717) is 40.6 Å². The number of halogens is 2. The predicted molar refractivity (Wildman–Crippen MR) is 121 cm³/mol. The Balaban J connectivity index is 1.12. The van der Waals surface area contributed by atoms with Gasteiger partial charge in [0.25, 0.3) is 5.91 Å². The second kappa shape index (κ2) is 8.83. The third-order valence-electron chi connectivity index (χ3n) is 6.57. The highest BCUT2D eigenvalue weighted by Crippen LogP contribution is 2.54. The third-order valence-corrected chi connectivity index (χ3v) is 7.07. The first-order chi connectivity index (χ1) is 15.5. The van der Waals surface area contributed by atoms with E-state index in [9.17, 15) is 9.59 Å². The van der Waals surface area contributed by atoms with E-state index in [1.54, 1.807) is 36.4 Å². The summed E-state index contributed by atoms with van der Waals surface area (Å²) in [6, 6.07) is 14.4. The third kappa shape index (κ3) is 4.66. The van der Waals surface area contributed by atoms with Crippen molar-refractivity contribution in [2.45, 2.75) is 37.5 Å². The van der Waals surface area contributed by atoms with E-state index in [2.05, 4.69) is 5.32 Å². The van der Waals surface area contributed by atoms with Crippen molar-refractivity contribution in [1.29, 1.82) is 0 Å². The molecule has 2 aromatic carbocycles. The summed E-state index contributed by atoms with van der Waals surface area (Å²) in [7, 11) is 0. The maximum absolute atomic E-state index is 12.7. The molecular weight excluding hydrogens is 451 g/mol. The number of rotatable bonds is 7. The Kier molecular flexibility index (Phi) is 5.91. The number of nitrogens with one attached hydrogen (secondary N) is 1. The lowest BCUT2D eigenvalue weighted by Gasteiger charge is -2.27. The van der Waals surface area contributed by atoms with Crippen molar-refractivity contribution in [3.63, 3.8) is 0 Å². The average molecular weight is 475 g/mol. The van der Waals surface area contributed by atoms with Gasteiger partial charge in [-0.2, -0.15) is 0 Å². The second-order valence-electron chi connectivity index (χ2n) is 8.73. The van der Waals surface area contributed by atoms with Crippen molar-refractivity contribution in [3.8, 4) is 11.5 Å². The molecule has 2 saturated carbocycles. The number of hydrogen-bond acceptors (Lipinski definition) is 4. The Labute approximate surface area is 196 Å². The van der Waals surface area contributed by atoms with Crippen LogP contribution in [0.5, 0.6) is 11.5 Å². The molecule has 168 valence electrons. The Morgan fingerprint density at radius 1 is 0.969 bits per heavy atom. The fraction of sp³-hybridized carbons (Fsp3) is 0.417. The minimum absolute atomic E-state index is 0.0418. The summed E-state index contributed by atoms with van der Waals surface area (Å²) in [4.78, 5) is 27.1. The van der Waals surface area contributed by atoms with Gasteiger partial charge in [-0.15, -0.1) is 0 Å². The predicted octanol–water partition coefficient (Wildman–Crippen LogP) is 3.95. The van der Waals surface area contributed by atoms with E-state index >= 15 is 0 Å². The number of fused-ring (bicyclic) bond motifs is 1. The van der Waals surface area contributed by atoms with Gasteiger partial charge in [0, 0.05) is 22.1 Å². The van der Waals surface area contributed by atoms with E-state index in [0.717, 1.165) is 18.6 Å². The second-order valence-corrected chi connectivity index (χ2v) is 9.60. The largest absolute Gasteiger partial charge is 0.488 e. The molecule has 2 aliphatic carbocycles. The number of likely N-dealkylation sites (tertiary alicyclic amines) is 1. The fourth-order valence-corrected chi connectivity index (χ4v) is 5.26. The van der Waals surface area contributed by atoms with Gasteiger partial charge < -0.3 is 19.7 Å². The number of hydrogen-bond donors (Lipinski definition) is 1. The van der Waals surface area contributed by atoms with Crippen LogP contribution in [0.1, 0.15) is 19.3 Å². The van der Waals surface area contributed by atoms with Crippen LogP contribution in [0.15, 0.2) is 48.5 Å². The molecule has 5 rings (SSSR count). The molecule has 2 amide bonds. The van der Waals surface area contributed by atoms with Gasteiger partial charge in [0.15, 0.2) is 6.61 Å². The van der Waals surface area contributed by atoms with Crippen LogP contribution in [0, 0.1) is 11.8 Å². The van der Waals surface area contributed by atoms with E-state index in [1.807, 2.05) is 17.0 Å². The van der Waals surface area contributed by atoms with E-state index in [4.69, 9.17) is 32.7 Å². The zero-order chi connectivity index (χ0) is 22.2. The molecule has 2 unspecified atom stereocenters. The summed E-state index contributed by atoms with van der Waals surface area (Å²) in [6.07, 6.45) is 2.03. The SMILES string of the molecule is O=C(COc1ccc(Cl)cc1)N[C@@H]1C[C@H](N2C[C@@H](Oc3ccc(Cl)cc3)CC2=O)C2CC21. The summed E-state index contributed by atoms with van der Waals surface area (Å²) in [5.74, 6) is 2.19. The zero-order valence-corrected chi connectivity index (χ0v) is 18.9. The van der Waals surface area contributed by atoms with Crippen LogP contribution in [0.25, 0.3) is 0 Å². The van der Waals surface area contributed by atoms with Crippen molar-refractivity contribution in [1.82, 2.24) is 10.2 Å². The Morgan fingerprint density at radius 2 is 1.62 bits per heavy atom. The Bertz CT molecular complexity index is 998. The first kappa shape index (κ1) is 21.4. The van der Waals surface area contributed by atoms with Gasteiger partial charge in [0.2, 0.25) is 5.91 Å². The van der Waals surface area contributed by atoms with Crippen LogP contribution >= 0.6 is 23.2 Å². The smallest absolute Gasteiger partial charge is 0.258 e. The number of amides is 2. The molecule has 0 spiro atoms. The topological polar surface area (TPSA) is 67.9 Å². The Morgan fingerprint density at radius 3 is 2.31 bits per heavy atom. The first-order valence-corrected chi connectivity index (χ1v) is 11.6. The fourth-order valence-electron chi connectivity index (χ4n) is 5.01. The zero-order valence-electron chi connectivity index (χ0n) is 17.4. The lowest BCUT2D eigenvalue weighted by atomic mass is 10.1. The molecule has 1 aliphatic heterocycles. The van der Waals surface area contributed by atoms with Crippen molar-refractivity contribution < 1.29 is 19.1 Å². The van der Waals surface area contributed by atoms with Crippen molar-refractivity contribution >= 4 is 35.0 Å². The average Bonchev–Trinajstić information content (AvgIpc) is 3.38. The summed E-state index contributed by atoms with van der Waals surface area (Å²) in [5, 5.41) is 4.38. The quantitative estimate of drug-likeness (QED) is 0.659. The van der Waals surface area contributed by atoms with Gasteiger partial charge in [-0.3, -0.25) is 9.59 Å². The van der Waals surface area contributed by atoms with Gasteiger partial charge >= 0.3 is 0 Å². The lowest BCUT2D eigenvalue weighted by Crippen LogP contribution is -2.42. The molecule has 5 atom stereocenters. The van der Waals surface area contributed by atoms with E-state index < -0.39 is 0 Å². The van der Waals surface area contributed by atoms with Crippen molar-refractivity contribution in [3.05, 3.63) is 58.6 Å². The van der Waals surface area contributed by atoms with Gasteiger partial charge in [-0.1, -0.05) is 23.2 Å². The summed E-state index contributed by atoms with van der Waals surface area (Å²) >= 11 is 11.8. The standard InChI is InChI=1S/C24H24Cl2N2O4/c25-14-1-5-16(6-2-14)31-13-23(29)27-21-11-22(20-10-19(20)21)28-12-18(9-24(28)30)32-17-7-3-15(26)4-8-17/h1-8,18-22H,9-13H2,(H,27,29)/t18-,19?,20?,21+,22-/m0/s1. The molecule has 3 fully saturated rings. The maximum atomic E-state index is 12.7. The monoisotopic (exact) mass is 474 g/mol. The summed E-state index contributed by atoms with van der Waals surface area (Å²) in [5.41, 5.74) is 0. The van der Waals surface area contributed by atoms with Gasteiger partial charge in [-0.25, -0.2) is 0 Å². The van der Waals surface area contributed by atoms with E-state index in [1.165, 1.54) is 0 Å². The molecule has 1 heterocycles. The number of ether oxygens (including phenoxy) is 2. The Hall–Kier alpha value is -2.44. The minimum atomic E-state index is -0.165. The van der Waals surface area contributed by atoms with Crippen LogP contribution in [-0.2, 0) is 9.59 Å². The van der Waals surface area contributed by atoms with Crippen LogP contribution in [0.4, 0.5) is 0 Å². The van der Waals surface area contributed by atoms with Crippen molar-refractivity contribution in [2.75, 3.05) is 13.2 Å². The normalized spacial score (nSPS) is 28.4. The van der Waals surface area contributed by atoms with Crippen LogP contribution in [0.2, 0.25) is 10.0 Å². The molecule has 32 heavy (non-hydrogen) atoms. The molecule has 0 radical (unpaired) electrons. The minimum Gasteiger partial charge on any atom is -0.488 e. The molecule has 2 aromatic rings. The molecule has 1 saturated heterocycles. The van der Waals surface area contributed by atoms with Crippen molar-refractivity contribution in [2.24, 2.45) is 11.8 Å². The summed E-state index contributed by atoms with van der Waals surface area (Å²) in [6.45, 7) is 0.537. The van der Waals surface area contributed by atoms with Crippen LogP contribution < -0.4 is 14.8 Å². The first-order valence-electron chi connectivity index (χ1n) is 10.9. The molecular formula is C24H24Cl2N2O4. The number of benzene rings is 2. The highest BCUT2D eigenvalue weighted by Gasteiger charge is 2.58. The molecule has 1 N–H and O–H groups in total. The molecule has 0 aromatic heterocycles. The molecule has 3 aliphatic rings. The van der Waals surface area contributed by atoms with Crippen LogP contribution in [0.3, 0.4) is 0 Å². The van der Waals surface area contributed by atoms with Crippen LogP contribution in [-0.4, -0.2) is 48.1 Å². The lowest BCUT2D eigenvalue weighted by molar-refractivity contribution is -0.130. The maximum Gasteiger partial charge on any atom is 0.258 e. The highest BCUT2D eigenvalue weighted by molar-refractivity contribution is 6.30. The molecule has 8 heteroatoms. The number of carbonyl (C=O) groups is 2. The summed E-state index contributed by atoms with van der Waals surface area (Å²) < 4.78 is 11.5.